The predicted molar refractivity (Wildman–Crippen MR) is 109 cm³/mol. The van der Waals surface area contributed by atoms with Gasteiger partial charge in [-0.05, 0) is 31.0 Å². The quantitative estimate of drug-likeness (QED) is 0.469. The molecule has 0 aliphatic heterocycles. The highest BCUT2D eigenvalue weighted by Crippen LogP contribution is 2.23. The van der Waals surface area contributed by atoms with E-state index in [1.54, 1.807) is 13.2 Å². The van der Waals surface area contributed by atoms with Crippen molar-refractivity contribution in [2.24, 2.45) is 4.99 Å². The molecule has 0 aliphatic carbocycles. The number of hydrogen-bond acceptors (Lipinski definition) is 5. The van der Waals surface area contributed by atoms with Gasteiger partial charge in [0.25, 0.3) is 11.6 Å². The Kier molecular flexibility index (Phi) is 6.01. The summed E-state index contributed by atoms with van der Waals surface area (Å²) in [5.41, 5.74) is 3.91. The maximum atomic E-state index is 12.6. The van der Waals surface area contributed by atoms with Gasteiger partial charge in [-0.1, -0.05) is 35.1 Å². The first-order valence-corrected chi connectivity index (χ1v) is 9.61. The molecule has 0 saturated heterocycles. The highest BCUT2D eigenvalue weighted by molar-refractivity contribution is 7.16. The number of thiazole rings is 1. The van der Waals surface area contributed by atoms with Crippen LogP contribution in [0, 0.1) is 24.0 Å². The summed E-state index contributed by atoms with van der Waals surface area (Å²) in [5, 5.41) is 11.1. The zero-order valence-corrected chi connectivity index (χ0v) is 16.8. The molecule has 0 unspecified atom stereocenters. The predicted octanol–water partition coefficient (Wildman–Crippen LogP) is 3.54. The Morgan fingerprint density at radius 3 is 2.75 bits per heavy atom. The van der Waals surface area contributed by atoms with E-state index in [-0.39, 0.29) is 18.0 Å². The molecule has 146 valence electrons. The molecule has 3 aromatic rings. The van der Waals surface area contributed by atoms with E-state index in [0.717, 1.165) is 22.2 Å². The molecule has 0 radical (unpaired) electrons. The minimum Gasteiger partial charge on any atom is -0.383 e. The smallest absolute Gasteiger partial charge is 0.270 e. The molecule has 0 saturated carbocycles. The fraction of sp³-hybridized carbons (Fsp3) is 0.300. The van der Waals surface area contributed by atoms with Crippen molar-refractivity contribution in [2.45, 2.75) is 26.8 Å². The topological polar surface area (TPSA) is 86.7 Å². The SMILES string of the molecule is COCCn1c(=NC(=O)Cc2cc(C)ccc2C)sc2cc([N+](=O)[O-])ccc21. The second kappa shape index (κ2) is 8.45. The summed E-state index contributed by atoms with van der Waals surface area (Å²) < 4.78 is 7.74. The van der Waals surface area contributed by atoms with E-state index < -0.39 is 4.92 Å². The molecule has 28 heavy (non-hydrogen) atoms. The van der Waals surface area contributed by atoms with E-state index in [1.165, 1.54) is 23.5 Å². The van der Waals surface area contributed by atoms with Crippen LogP contribution in [0.2, 0.25) is 0 Å². The molecule has 0 atom stereocenters. The maximum Gasteiger partial charge on any atom is 0.270 e. The van der Waals surface area contributed by atoms with Gasteiger partial charge in [0.15, 0.2) is 4.80 Å². The lowest BCUT2D eigenvalue weighted by atomic mass is 10.0. The number of amides is 1. The highest BCUT2D eigenvalue weighted by Gasteiger charge is 2.13. The van der Waals surface area contributed by atoms with Crippen LogP contribution in [0.25, 0.3) is 10.2 Å². The van der Waals surface area contributed by atoms with Crippen LogP contribution in [0.4, 0.5) is 5.69 Å². The van der Waals surface area contributed by atoms with Crippen LogP contribution in [0.5, 0.6) is 0 Å². The van der Waals surface area contributed by atoms with E-state index in [1.807, 2.05) is 36.6 Å². The lowest BCUT2D eigenvalue weighted by Gasteiger charge is -2.05. The number of ether oxygens (including phenoxy) is 1. The number of benzene rings is 2. The first-order valence-electron chi connectivity index (χ1n) is 8.79. The number of nitro groups is 1. The van der Waals surface area contributed by atoms with Crippen molar-refractivity contribution < 1.29 is 14.5 Å². The maximum absolute atomic E-state index is 12.6. The van der Waals surface area contributed by atoms with Gasteiger partial charge in [0.2, 0.25) is 0 Å². The number of rotatable bonds is 6. The van der Waals surface area contributed by atoms with Crippen molar-refractivity contribution in [3.05, 3.63) is 68.0 Å². The first-order chi connectivity index (χ1) is 13.4. The van der Waals surface area contributed by atoms with E-state index in [2.05, 4.69) is 4.99 Å². The van der Waals surface area contributed by atoms with Crippen molar-refractivity contribution in [3.63, 3.8) is 0 Å². The molecule has 7 nitrogen and oxygen atoms in total. The molecule has 8 heteroatoms. The average Bonchev–Trinajstić information content (AvgIpc) is 2.98. The third-order valence-electron chi connectivity index (χ3n) is 4.46. The second-order valence-electron chi connectivity index (χ2n) is 6.55. The molecule has 1 aromatic heterocycles. The number of methoxy groups -OCH3 is 1. The summed E-state index contributed by atoms with van der Waals surface area (Å²) in [6.45, 7) is 4.91. The Balaban J connectivity index is 2.02. The summed E-state index contributed by atoms with van der Waals surface area (Å²) in [5.74, 6) is -0.249. The minimum atomic E-state index is -0.429. The van der Waals surface area contributed by atoms with Crippen molar-refractivity contribution >= 4 is 33.1 Å². The van der Waals surface area contributed by atoms with E-state index in [0.29, 0.717) is 22.7 Å². The standard InChI is InChI=1S/C20H21N3O4S/c1-13-4-5-14(2)15(10-13)11-19(24)21-20-22(8-9-27-3)17-7-6-16(23(25)26)12-18(17)28-20/h4-7,10,12H,8-9,11H2,1-3H3. The van der Waals surface area contributed by atoms with Crippen molar-refractivity contribution in [1.82, 2.24) is 4.57 Å². The number of non-ortho nitro benzene ring substituents is 1. The van der Waals surface area contributed by atoms with Crippen LogP contribution in [0.15, 0.2) is 41.4 Å². The second-order valence-corrected chi connectivity index (χ2v) is 7.56. The molecular formula is C20H21N3O4S. The Morgan fingerprint density at radius 2 is 2.04 bits per heavy atom. The molecule has 0 aliphatic rings. The molecule has 3 rings (SSSR count). The number of aryl methyl sites for hydroxylation is 2. The first kappa shape index (κ1) is 19.9. The van der Waals surface area contributed by atoms with Crippen LogP contribution in [0.1, 0.15) is 16.7 Å². The van der Waals surface area contributed by atoms with E-state index >= 15 is 0 Å². The summed E-state index contributed by atoms with van der Waals surface area (Å²) >= 11 is 1.27. The van der Waals surface area contributed by atoms with Crippen LogP contribution in [0.3, 0.4) is 0 Å². The summed E-state index contributed by atoms with van der Waals surface area (Å²) in [4.78, 5) is 28.1. The van der Waals surface area contributed by atoms with Gasteiger partial charge in [0.05, 0.1) is 28.2 Å². The summed E-state index contributed by atoms with van der Waals surface area (Å²) in [6, 6.07) is 10.7. The molecule has 2 aromatic carbocycles. The van der Waals surface area contributed by atoms with Crippen LogP contribution in [-0.2, 0) is 22.5 Å². The van der Waals surface area contributed by atoms with Gasteiger partial charge in [0.1, 0.15) is 0 Å². The zero-order valence-electron chi connectivity index (χ0n) is 16.0. The third kappa shape index (κ3) is 4.35. The van der Waals surface area contributed by atoms with Crippen LogP contribution in [-0.4, -0.2) is 29.1 Å². The van der Waals surface area contributed by atoms with Gasteiger partial charge in [-0.25, -0.2) is 0 Å². The van der Waals surface area contributed by atoms with Crippen LogP contribution >= 0.6 is 11.3 Å². The molecule has 0 N–H and O–H groups in total. The average molecular weight is 399 g/mol. The normalized spacial score (nSPS) is 11.9. The Bertz CT molecular complexity index is 1110. The van der Waals surface area contributed by atoms with Crippen LogP contribution < -0.4 is 4.80 Å². The summed E-state index contributed by atoms with van der Waals surface area (Å²) in [6.07, 6.45) is 0.214. The van der Waals surface area contributed by atoms with E-state index in [4.69, 9.17) is 4.74 Å². The fourth-order valence-corrected chi connectivity index (χ4v) is 4.07. The third-order valence-corrected chi connectivity index (χ3v) is 5.50. The molecule has 1 heterocycles. The lowest BCUT2D eigenvalue weighted by molar-refractivity contribution is -0.384. The number of carbonyl (C=O) groups excluding carboxylic acids is 1. The number of nitrogens with zero attached hydrogens (tertiary/aromatic N) is 3. The summed E-state index contributed by atoms with van der Waals surface area (Å²) in [7, 11) is 1.60. The molecule has 0 fully saturated rings. The van der Waals surface area contributed by atoms with Gasteiger partial charge in [0, 0.05) is 25.8 Å². The van der Waals surface area contributed by atoms with Crippen molar-refractivity contribution in [2.75, 3.05) is 13.7 Å². The Hall–Kier alpha value is -2.84. The lowest BCUT2D eigenvalue weighted by Crippen LogP contribution is -2.19. The Labute approximate surface area is 166 Å². The number of carbonyl (C=O) groups is 1. The number of hydrogen-bond donors (Lipinski definition) is 0. The highest BCUT2D eigenvalue weighted by atomic mass is 32.1. The van der Waals surface area contributed by atoms with Gasteiger partial charge < -0.3 is 9.30 Å². The number of nitro benzene ring substituents is 1. The molecule has 0 spiro atoms. The molecule has 1 amide bonds. The molecular weight excluding hydrogens is 378 g/mol. The minimum absolute atomic E-state index is 0.0147. The monoisotopic (exact) mass is 399 g/mol. The van der Waals surface area contributed by atoms with Crippen molar-refractivity contribution in [1.29, 1.82) is 0 Å². The van der Waals surface area contributed by atoms with E-state index in [9.17, 15) is 14.9 Å². The number of aromatic nitrogens is 1. The van der Waals surface area contributed by atoms with Gasteiger partial charge >= 0.3 is 0 Å². The van der Waals surface area contributed by atoms with Crippen molar-refractivity contribution in [3.8, 4) is 0 Å². The largest absolute Gasteiger partial charge is 0.383 e. The molecule has 0 bridgehead atoms. The van der Waals surface area contributed by atoms with Gasteiger partial charge in [-0.3, -0.25) is 14.9 Å². The van der Waals surface area contributed by atoms with Gasteiger partial charge in [-0.2, -0.15) is 4.99 Å². The van der Waals surface area contributed by atoms with Gasteiger partial charge in [-0.15, -0.1) is 0 Å². The number of fused-ring (bicyclic) bond motifs is 1. The zero-order chi connectivity index (χ0) is 20.3. The fourth-order valence-electron chi connectivity index (χ4n) is 2.96. The Morgan fingerprint density at radius 1 is 1.25 bits per heavy atom.